The van der Waals surface area contributed by atoms with Crippen LogP contribution in [0, 0.1) is 5.82 Å². The molecule has 0 spiro atoms. The molecule has 0 aliphatic heterocycles. The highest BCUT2D eigenvalue weighted by atomic mass is 32.2. The van der Waals surface area contributed by atoms with Crippen LogP contribution in [0.4, 0.5) is 4.39 Å². The SMILES string of the molecule is COCCNC(=O)CNC(=O)CSc1ccccc1F. The second-order valence-corrected chi connectivity index (χ2v) is 4.86. The Bertz CT molecular complexity index is 457. The molecular weight excluding hydrogens is 283 g/mol. The van der Waals surface area contributed by atoms with E-state index in [2.05, 4.69) is 10.6 Å². The van der Waals surface area contributed by atoms with Crippen molar-refractivity contribution in [1.29, 1.82) is 0 Å². The molecule has 0 atom stereocenters. The highest BCUT2D eigenvalue weighted by Crippen LogP contribution is 2.20. The van der Waals surface area contributed by atoms with E-state index < -0.39 is 0 Å². The van der Waals surface area contributed by atoms with E-state index in [1.807, 2.05) is 0 Å². The lowest BCUT2D eigenvalue weighted by molar-refractivity contribution is -0.124. The molecule has 0 aromatic heterocycles. The zero-order valence-corrected chi connectivity index (χ0v) is 12.0. The lowest BCUT2D eigenvalue weighted by Crippen LogP contribution is -2.38. The summed E-state index contributed by atoms with van der Waals surface area (Å²) in [6.45, 7) is 0.721. The average Bonchev–Trinajstić information content (AvgIpc) is 2.44. The molecule has 1 aromatic carbocycles. The van der Waals surface area contributed by atoms with Crippen LogP contribution in [-0.2, 0) is 14.3 Å². The van der Waals surface area contributed by atoms with E-state index in [9.17, 15) is 14.0 Å². The van der Waals surface area contributed by atoms with Gasteiger partial charge in [0.05, 0.1) is 18.9 Å². The van der Waals surface area contributed by atoms with Crippen molar-refractivity contribution < 1.29 is 18.7 Å². The Labute approximate surface area is 121 Å². The first-order valence-corrected chi connectivity index (χ1v) is 7.01. The van der Waals surface area contributed by atoms with E-state index in [0.29, 0.717) is 18.0 Å². The largest absolute Gasteiger partial charge is 0.383 e. The minimum atomic E-state index is -0.359. The first-order valence-electron chi connectivity index (χ1n) is 6.03. The Morgan fingerprint density at radius 3 is 2.70 bits per heavy atom. The minimum Gasteiger partial charge on any atom is -0.383 e. The summed E-state index contributed by atoms with van der Waals surface area (Å²) in [7, 11) is 1.54. The maximum Gasteiger partial charge on any atom is 0.239 e. The van der Waals surface area contributed by atoms with Crippen molar-refractivity contribution in [2.24, 2.45) is 0 Å². The highest BCUT2D eigenvalue weighted by molar-refractivity contribution is 8.00. The molecule has 2 N–H and O–H groups in total. The molecule has 0 saturated heterocycles. The third-order valence-corrected chi connectivity index (χ3v) is 3.32. The van der Waals surface area contributed by atoms with Crippen LogP contribution < -0.4 is 10.6 Å². The molecular formula is C13H17FN2O3S. The van der Waals surface area contributed by atoms with Gasteiger partial charge in [-0.1, -0.05) is 12.1 Å². The van der Waals surface area contributed by atoms with Crippen LogP contribution in [0.15, 0.2) is 29.2 Å². The summed E-state index contributed by atoms with van der Waals surface area (Å²) in [5, 5.41) is 5.04. The number of methoxy groups -OCH3 is 1. The van der Waals surface area contributed by atoms with Gasteiger partial charge in [0.15, 0.2) is 0 Å². The zero-order chi connectivity index (χ0) is 14.8. The third kappa shape index (κ3) is 6.53. The van der Waals surface area contributed by atoms with Crippen molar-refractivity contribution in [3.05, 3.63) is 30.1 Å². The summed E-state index contributed by atoms with van der Waals surface area (Å²) < 4.78 is 18.1. The van der Waals surface area contributed by atoms with Gasteiger partial charge in [0.1, 0.15) is 5.82 Å². The van der Waals surface area contributed by atoms with Gasteiger partial charge in [0.2, 0.25) is 11.8 Å². The molecule has 0 aliphatic carbocycles. The molecule has 0 unspecified atom stereocenters. The molecule has 0 bridgehead atoms. The van der Waals surface area contributed by atoms with Gasteiger partial charge in [0, 0.05) is 18.6 Å². The quantitative estimate of drug-likeness (QED) is 0.550. The molecule has 110 valence electrons. The van der Waals surface area contributed by atoms with Gasteiger partial charge in [-0.05, 0) is 12.1 Å². The van der Waals surface area contributed by atoms with Gasteiger partial charge in [-0.25, -0.2) is 4.39 Å². The Balaban J connectivity index is 2.21. The van der Waals surface area contributed by atoms with Crippen LogP contribution >= 0.6 is 11.8 Å². The van der Waals surface area contributed by atoms with Gasteiger partial charge >= 0.3 is 0 Å². The number of carbonyl (C=O) groups excluding carboxylic acids is 2. The van der Waals surface area contributed by atoms with Crippen molar-refractivity contribution in [3.63, 3.8) is 0 Å². The van der Waals surface area contributed by atoms with Crippen LogP contribution in [0.5, 0.6) is 0 Å². The van der Waals surface area contributed by atoms with Crippen molar-refractivity contribution in [2.45, 2.75) is 4.90 Å². The second-order valence-electron chi connectivity index (χ2n) is 3.84. The molecule has 0 saturated carbocycles. The van der Waals surface area contributed by atoms with E-state index in [-0.39, 0.29) is 29.9 Å². The number of ether oxygens (including phenoxy) is 1. The third-order valence-electron chi connectivity index (χ3n) is 2.27. The average molecular weight is 300 g/mol. The number of halogens is 1. The highest BCUT2D eigenvalue weighted by Gasteiger charge is 2.07. The standard InChI is InChI=1S/C13H17FN2O3S/c1-19-7-6-15-12(17)8-16-13(18)9-20-11-5-3-2-4-10(11)14/h2-5H,6-9H2,1H3,(H,15,17)(H,16,18). The number of thioether (sulfide) groups is 1. The zero-order valence-electron chi connectivity index (χ0n) is 11.1. The van der Waals surface area contributed by atoms with Crippen LogP contribution in [-0.4, -0.2) is 44.4 Å². The number of hydrogen-bond acceptors (Lipinski definition) is 4. The fourth-order valence-electron chi connectivity index (χ4n) is 1.29. The molecule has 0 aliphatic rings. The first-order chi connectivity index (χ1) is 9.63. The maximum atomic E-state index is 13.3. The van der Waals surface area contributed by atoms with Crippen LogP contribution in [0.25, 0.3) is 0 Å². The van der Waals surface area contributed by atoms with E-state index in [0.717, 1.165) is 11.8 Å². The Hall–Kier alpha value is -1.60. The van der Waals surface area contributed by atoms with E-state index in [1.54, 1.807) is 18.2 Å². The topological polar surface area (TPSA) is 67.4 Å². The van der Waals surface area contributed by atoms with Gasteiger partial charge in [-0.3, -0.25) is 9.59 Å². The number of nitrogens with one attached hydrogen (secondary N) is 2. The summed E-state index contributed by atoms with van der Waals surface area (Å²) >= 11 is 1.09. The second kappa shape index (κ2) is 9.33. The molecule has 0 fully saturated rings. The van der Waals surface area contributed by atoms with Crippen molar-refractivity contribution >= 4 is 23.6 Å². The molecule has 1 aromatic rings. The van der Waals surface area contributed by atoms with Crippen LogP contribution in [0.1, 0.15) is 0 Å². The molecule has 1 rings (SSSR count). The lowest BCUT2D eigenvalue weighted by Gasteiger charge is -2.06. The van der Waals surface area contributed by atoms with E-state index in [4.69, 9.17) is 4.74 Å². The number of amides is 2. The Morgan fingerprint density at radius 2 is 2.00 bits per heavy atom. The summed E-state index contributed by atoms with van der Waals surface area (Å²) in [5.74, 6) is -0.902. The minimum absolute atomic E-state index is 0.0618. The van der Waals surface area contributed by atoms with Crippen LogP contribution in [0.2, 0.25) is 0 Å². The molecule has 0 radical (unpaired) electrons. The smallest absolute Gasteiger partial charge is 0.239 e. The summed E-state index contributed by atoms with van der Waals surface area (Å²) in [5.41, 5.74) is 0. The summed E-state index contributed by atoms with van der Waals surface area (Å²) in [4.78, 5) is 23.2. The van der Waals surface area contributed by atoms with Gasteiger partial charge in [-0.2, -0.15) is 0 Å². The van der Waals surface area contributed by atoms with E-state index in [1.165, 1.54) is 13.2 Å². The van der Waals surface area contributed by atoms with Crippen molar-refractivity contribution in [3.8, 4) is 0 Å². The van der Waals surface area contributed by atoms with Gasteiger partial charge in [0.25, 0.3) is 0 Å². The maximum absolute atomic E-state index is 13.3. The lowest BCUT2D eigenvalue weighted by atomic mass is 10.3. The number of benzene rings is 1. The normalized spacial score (nSPS) is 10.1. The predicted octanol–water partition coefficient (Wildman–Crippen LogP) is 0.797. The molecule has 5 nitrogen and oxygen atoms in total. The Morgan fingerprint density at radius 1 is 1.25 bits per heavy atom. The summed E-state index contributed by atoms with van der Waals surface area (Å²) in [6.07, 6.45) is 0. The monoisotopic (exact) mass is 300 g/mol. The predicted molar refractivity (Wildman–Crippen MR) is 75.0 cm³/mol. The van der Waals surface area contributed by atoms with Crippen molar-refractivity contribution in [1.82, 2.24) is 10.6 Å². The fourth-order valence-corrected chi connectivity index (χ4v) is 2.06. The van der Waals surface area contributed by atoms with Gasteiger partial charge < -0.3 is 15.4 Å². The number of carbonyl (C=O) groups is 2. The number of rotatable bonds is 8. The first kappa shape index (κ1) is 16.5. The van der Waals surface area contributed by atoms with Crippen molar-refractivity contribution in [2.75, 3.05) is 32.6 Å². The van der Waals surface area contributed by atoms with Gasteiger partial charge in [-0.15, -0.1) is 11.8 Å². The Kier molecular flexibility index (Phi) is 7.67. The molecule has 20 heavy (non-hydrogen) atoms. The molecule has 2 amide bonds. The molecule has 0 heterocycles. The molecule has 7 heteroatoms. The van der Waals surface area contributed by atoms with E-state index >= 15 is 0 Å². The van der Waals surface area contributed by atoms with Crippen LogP contribution in [0.3, 0.4) is 0 Å². The number of hydrogen-bond donors (Lipinski definition) is 2. The summed E-state index contributed by atoms with van der Waals surface area (Å²) in [6, 6.07) is 6.23. The fraction of sp³-hybridized carbons (Fsp3) is 0.385.